The van der Waals surface area contributed by atoms with Gasteiger partial charge in [-0.15, -0.1) is 12.4 Å². The number of halogens is 1. The Balaban J connectivity index is 0.00000256. The van der Waals surface area contributed by atoms with Crippen LogP contribution in [0.3, 0.4) is 0 Å². The zero-order chi connectivity index (χ0) is 20.4. The lowest BCUT2D eigenvalue weighted by Gasteiger charge is -2.34. The van der Waals surface area contributed by atoms with E-state index in [4.69, 9.17) is 24.3 Å². The first-order valence-corrected chi connectivity index (χ1v) is 9.52. The lowest BCUT2D eigenvalue weighted by molar-refractivity contribution is 0.229. The molecule has 1 saturated carbocycles. The second kappa shape index (κ2) is 8.89. The molecule has 2 N–H and O–H groups in total. The minimum absolute atomic E-state index is 0. The summed E-state index contributed by atoms with van der Waals surface area (Å²) in [5.41, 5.74) is 8.47. The van der Waals surface area contributed by atoms with Crippen molar-refractivity contribution in [1.82, 2.24) is 15.3 Å². The van der Waals surface area contributed by atoms with Crippen LogP contribution in [-0.4, -0.2) is 22.4 Å². The van der Waals surface area contributed by atoms with Crippen molar-refractivity contribution < 1.29 is 18.5 Å². The number of aryl methyl sites for hydroxylation is 2. The quantitative estimate of drug-likeness (QED) is 0.591. The van der Waals surface area contributed by atoms with Gasteiger partial charge in [0.25, 0.3) is 5.89 Å². The van der Waals surface area contributed by atoms with E-state index in [1.165, 1.54) is 0 Å². The standard InChI is InChI=1S/C21H24N4O4.ClH/c1-13-16(14(2)28-24-13)12-27-17-7-5-15(11-18(17)26-3)6-8-19-23-20(25-29-19)21(22)9-4-10-21;/h5-8,11H,4,9-10,12,22H2,1-3H3;1H/b8-6+;. The molecule has 9 heteroatoms. The van der Waals surface area contributed by atoms with Crippen molar-refractivity contribution in [3.8, 4) is 11.5 Å². The zero-order valence-corrected chi connectivity index (χ0v) is 18.0. The van der Waals surface area contributed by atoms with Gasteiger partial charge in [-0.1, -0.05) is 16.4 Å². The van der Waals surface area contributed by atoms with E-state index in [9.17, 15) is 0 Å². The van der Waals surface area contributed by atoms with Gasteiger partial charge in [-0.2, -0.15) is 4.98 Å². The summed E-state index contributed by atoms with van der Waals surface area (Å²) in [5.74, 6) is 3.01. The Morgan fingerprint density at radius 1 is 1.13 bits per heavy atom. The molecule has 0 aliphatic heterocycles. The molecule has 30 heavy (non-hydrogen) atoms. The molecule has 1 aromatic carbocycles. The van der Waals surface area contributed by atoms with Gasteiger partial charge in [0.2, 0.25) is 0 Å². The Morgan fingerprint density at radius 3 is 2.57 bits per heavy atom. The maximum atomic E-state index is 6.23. The minimum Gasteiger partial charge on any atom is -0.493 e. The molecule has 8 nitrogen and oxygen atoms in total. The Hall–Kier alpha value is -2.84. The highest BCUT2D eigenvalue weighted by Gasteiger charge is 2.38. The third kappa shape index (κ3) is 4.34. The average Bonchev–Trinajstić information content (AvgIpc) is 3.30. The van der Waals surface area contributed by atoms with E-state index in [-0.39, 0.29) is 12.4 Å². The fourth-order valence-electron chi connectivity index (χ4n) is 3.22. The van der Waals surface area contributed by atoms with E-state index in [1.807, 2.05) is 38.1 Å². The molecule has 1 aliphatic rings. The molecule has 160 valence electrons. The fraction of sp³-hybridized carbons (Fsp3) is 0.381. The molecule has 2 heterocycles. The van der Waals surface area contributed by atoms with E-state index >= 15 is 0 Å². The van der Waals surface area contributed by atoms with Gasteiger partial charge in [-0.25, -0.2) is 0 Å². The number of benzene rings is 1. The maximum Gasteiger partial charge on any atom is 0.250 e. The predicted octanol–water partition coefficient (Wildman–Crippen LogP) is 4.19. The first-order chi connectivity index (χ1) is 14.0. The summed E-state index contributed by atoms with van der Waals surface area (Å²) in [4.78, 5) is 4.39. The minimum atomic E-state index is -0.432. The van der Waals surface area contributed by atoms with Gasteiger partial charge < -0.3 is 24.3 Å². The monoisotopic (exact) mass is 432 g/mol. The SMILES string of the molecule is COc1cc(/C=C/c2nc(C3(N)CCC3)no2)ccc1OCc1c(C)noc1C.Cl. The molecule has 2 aromatic heterocycles. The van der Waals surface area contributed by atoms with Crippen LogP contribution in [0.2, 0.25) is 0 Å². The van der Waals surface area contributed by atoms with E-state index in [0.717, 1.165) is 41.8 Å². The lowest BCUT2D eigenvalue weighted by atomic mass is 9.77. The number of hydrogen-bond donors (Lipinski definition) is 1. The fourth-order valence-corrected chi connectivity index (χ4v) is 3.22. The summed E-state index contributed by atoms with van der Waals surface area (Å²) >= 11 is 0. The molecule has 1 aliphatic carbocycles. The largest absolute Gasteiger partial charge is 0.493 e. The molecule has 0 bridgehead atoms. The van der Waals surface area contributed by atoms with Crippen molar-refractivity contribution >= 4 is 24.6 Å². The van der Waals surface area contributed by atoms with Crippen LogP contribution in [0.1, 0.15) is 53.6 Å². The smallest absolute Gasteiger partial charge is 0.250 e. The van der Waals surface area contributed by atoms with Crippen molar-refractivity contribution in [2.45, 2.75) is 45.3 Å². The summed E-state index contributed by atoms with van der Waals surface area (Å²) in [7, 11) is 1.61. The first-order valence-electron chi connectivity index (χ1n) is 9.52. The van der Waals surface area contributed by atoms with Gasteiger partial charge in [0, 0.05) is 6.08 Å². The number of ether oxygens (including phenoxy) is 2. The van der Waals surface area contributed by atoms with Gasteiger partial charge >= 0.3 is 0 Å². The van der Waals surface area contributed by atoms with Crippen LogP contribution in [0.5, 0.6) is 11.5 Å². The molecular formula is C21H25ClN4O4. The second-order valence-corrected chi connectivity index (χ2v) is 7.30. The molecule has 0 unspecified atom stereocenters. The first kappa shape index (κ1) is 21.9. The number of nitrogens with two attached hydrogens (primary N) is 1. The Labute approximate surface area is 180 Å². The predicted molar refractivity (Wildman–Crippen MR) is 113 cm³/mol. The highest BCUT2D eigenvalue weighted by molar-refractivity contribution is 5.85. The van der Waals surface area contributed by atoms with Gasteiger partial charge in [-0.3, -0.25) is 0 Å². The molecule has 0 spiro atoms. The van der Waals surface area contributed by atoms with Crippen LogP contribution in [0.4, 0.5) is 0 Å². The van der Waals surface area contributed by atoms with Crippen LogP contribution in [-0.2, 0) is 12.1 Å². The summed E-state index contributed by atoms with van der Waals surface area (Å²) in [6.07, 6.45) is 6.52. The normalized spacial score (nSPS) is 14.9. The second-order valence-electron chi connectivity index (χ2n) is 7.30. The number of hydrogen-bond acceptors (Lipinski definition) is 8. The number of methoxy groups -OCH3 is 1. The molecule has 4 rings (SSSR count). The number of rotatable bonds is 7. The van der Waals surface area contributed by atoms with E-state index in [2.05, 4.69) is 15.3 Å². The molecular weight excluding hydrogens is 408 g/mol. The molecule has 1 fully saturated rings. The maximum absolute atomic E-state index is 6.23. The molecule has 0 amide bonds. The molecule has 0 radical (unpaired) electrons. The summed E-state index contributed by atoms with van der Waals surface area (Å²) in [6.45, 7) is 4.11. The van der Waals surface area contributed by atoms with Crippen LogP contribution in [0.15, 0.2) is 27.2 Å². The molecule has 0 atom stereocenters. The zero-order valence-electron chi connectivity index (χ0n) is 17.2. The summed E-state index contributed by atoms with van der Waals surface area (Å²) < 4.78 is 21.8. The number of aromatic nitrogens is 3. The third-order valence-corrected chi connectivity index (χ3v) is 5.29. The summed E-state index contributed by atoms with van der Waals surface area (Å²) in [5, 5.41) is 7.95. The van der Waals surface area contributed by atoms with Crippen LogP contribution in [0, 0.1) is 13.8 Å². The van der Waals surface area contributed by atoms with Crippen molar-refractivity contribution in [1.29, 1.82) is 0 Å². The lowest BCUT2D eigenvalue weighted by Crippen LogP contribution is -2.44. The summed E-state index contributed by atoms with van der Waals surface area (Å²) in [6, 6.07) is 5.67. The highest BCUT2D eigenvalue weighted by atomic mass is 35.5. The van der Waals surface area contributed by atoms with Crippen LogP contribution >= 0.6 is 12.4 Å². The molecule has 0 saturated heterocycles. The van der Waals surface area contributed by atoms with Gasteiger partial charge in [0.05, 0.1) is 23.9 Å². The Bertz CT molecular complexity index is 1020. The van der Waals surface area contributed by atoms with E-state index in [0.29, 0.717) is 29.8 Å². The van der Waals surface area contributed by atoms with Gasteiger partial charge in [-0.05, 0) is 56.9 Å². The third-order valence-electron chi connectivity index (χ3n) is 5.29. The van der Waals surface area contributed by atoms with Crippen LogP contribution < -0.4 is 15.2 Å². The average molecular weight is 433 g/mol. The van der Waals surface area contributed by atoms with Crippen LogP contribution in [0.25, 0.3) is 12.2 Å². The van der Waals surface area contributed by atoms with Gasteiger partial charge in [0.1, 0.15) is 12.4 Å². The molecule has 3 aromatic rings. The van der Waals surface area contributed by atoms with Crippen molar-refractivity contribution in [3.05, 3.63) is 52.5 Å². The topological polar surface area (TPSA) is 109 Å². The van der Waals surface area contributed by atoms with Crippen molar-refractivity contribution in [2.24, 2.45) is 5.73 Å². The Morgan fingerprint density at radius 2 is 1.93 bits per heavy atom. The van der Waals surface area contributed by atoms with Gasteiger partial charge in [0.15, 0.2) is 17.3 Å². The van der Waals surface area contributed by atoms with Crippen molar-refractivity contribution in [3.63, 3.8) is 0 Å². The van der Waals surface area contributed by atoms with E-state index in [1.54, 1.807) is 13.2 Å². The van der Waals surface area contributed by atoms with Crippen molar-refractivity contribution in [2.75, 3.05) is 7.11 Å². The Kier molecular flexibility index (Phi) is 6.48. The number of nitrogens with zero attached hydrogens (tertiary/aromatic N) is 3. The van der Waals surface area contributed by atoms with E-state index < -0.39 is 5.54 Å². The highest BCUT2D eigenvalue weighted by Crippen LogP contribution is 2.37.